The first kappa shape index (κ1) is 15.9. The van der Waals surface area contributed by atoms with Gasteiger partial charge in [-0.05, 0) is 65.7 Å². The van der Waals surface area contributed by atoms with Crippen LogP contribution in [0.3, 0.4) is 0 Å². The minimum Gasteiger partial charge on any atom is -0.398 e. The molecule has 0 aliphatic rings. The van der Waals surface area contributed by atoms with Crippen LogP contribution in [-0.2, 0) is 10.0 Å². The molecule has 0 aliphatic heterocycles. The van der Waals surface area contributed by atoms with Gasteiger partial charge in [0.05, 0.1) is 10.6 Å². The molecule has 2 N–H and O–H groups in total. The molecule has 0 aromatic heterocycles. The van der Waals surface area contributed by atoms with Gasteiger partial charge in [-0.2, -0.15) is 0 Å². The number of sulfonamides is 1. The van der Waals surface area contributed by atoms with Crippen molar-refractivity contribution in [3.63, 3.8) is 0 Å². The predicted octanol–water partition coefficient (Wildman–Crippen LogP) is 3.55. The van der Waals surface area contributed by atoms with E-state index in [0.717, 1.165) is 5.56 Å². The summed E-state index contributed by atoms with van der Waals surface area (Å²) < 4.78 is 27.6. The smallest absolute Gasteiger partial charge is 0.264 e. The average molecular weight is 369 g/mol. The Bertz CT molecular complexity index is 760. The molecule has 0 amide bonds. The summed E-state index contributed by atoms with van der Waals surface area (Å²) in [4.78, 5) is 0.187. The van der Waals surface area contributed by atoms with Crippen molar-refractivity contribution in [2.75, 3.05) is 16.6 Å². The van der Waals surface area contributed by atoms with Crippen molar-refractivity contribution in [2.24, 2.45) is 0 Å². The van der Waals surface area contributed by atoms with Crippen molar-refractivity contribution in [1.82, 2.24) is 0 Å². The first-order valence-corrected chi connectivity index (χ1v) is 8.74. The fourth-order valence-electron chi connectivity index (χ4n) is 2.08. The van der Waals surface area contributed by atoms with Crippen molar-refractivity contribution < 1.29 is 8.42 Å². The number of aryl methyl sites for hydroxylation is 1. The van der Waals surface area contributed by atoms with E-state index < -0.39 is 10.0 Å². The third-order valence-electron chi connectivity index (χ3n) is 3.13. The van der Waals surface area contributed by atoms with Crippen molar-refractivity contribution in [1.29, 1.82) is 0 Å². The Kier molecular flexibility index (Phi) is 4.58. The molecule has 0 unspecified atom stereocenters. The molecule has 0 fully saturated rings. The maximum Gasteiger partial charge on any atom is 0.264 e. The van der Waals surface area contributed by atoms with E-state index in [1.807, 2.05) is 32.0 Å². The second-order valence-corrected chi connectivity index (χ2v) is 7.41. The standard InChI is InChI=1S/C15H17BrN2O2S/c1-3-18(12-6-4-5-11(2)9-12)21(19,20)13-7-8-14(16)15(17)10-13/h4-10H,3,17H2,1-2H3. The van der Waals surface area contributed by atoms with Gasteiger partial charge in [0.1, 0.15) is 0 Å². The number of rotatable bonds is 4. The average Bonchev–Trinajstić information content (AvgIpc) is 2.42. The van der Waals surface area contributed by atoms with Crippen molar-refractivity contribution in [3.8, 4) is 0 Å². The summed E-state index contributed by atoms with van der Waals surface area (Å²) in [6, 6.07) is 12.1. The summed E-state index contributed by atoms with van der Waals surface area (Å²) in [7, 11) is -3.63. The minimum absolute atomic E-state index is 0.187. The zero-order chi connectivity index (χ0) is 15.6. The third-order valence-corrected chi connectivity index (χ3v) is 5.75. The molecule has 0 heterocycles. The van der Waals surface area contributed by atoms with Gasteiger partial charge in [0.15, 0.2) is 0 Å². The number of hydrogen-bond donors (Lipinski definition) is 1. The number of hydrogen-bond acceptors (Lipinski definition) is 3. The number of halogens is 1. The van der Waals surface area contributed by atoms with Crippen LogP contribution in [0.5, 0.6) is 0 Å². The number of nitrogens with two attached hydrogens (primary N) is 1. The van der Waals surface area contributed by atoms with Crippen LogP contribution < -0.4 is 10.0 Å². The Morgan fingerprint density at radius 2 is 1.90 bits per heavy atom. The lowest BCUT2D eigenvalue weighted by molar-refractivity contribution is 0.592. The molecule has 0 spiro atoms. The van der Waals surface area contributed by atoms with Crippen molar-refractivity contribution in [2.45, 2.75) is 18.7 Å². The Morgan fingerprint density at radius 1 is 1.19 bits per heavy atom. The van der Waals surface area contributed by atoms with Crippen LogP contribution in [0.25, 0.3) is 0 Å². The Hall–Kier alpha value is -1.53. The molecule has 0 aliphatic carbocycles. The van der Waals surface area contributed by atoms with E-state index in [9.17, 15) is 8.42 Å². The largest absolute Gasteiger partial charge is 0.398 e. The first-order chi connectivity index (χ1) is 9.86. The lowest BCUT2D eigenvalue weighted by atomic mass is 10.2. The van der Waals surface area contributed by atoms with E-state index in [0.29, 0.717) is 22.4 Å². The molecule has 0 saturated carbocycles. The molecule has 21 heavy (non-hydrogen) atoms. The van der Waals surface area contributed by atoms with E-state index in [-0.39, 0.29) is 4.90 Å². The van der Waals surface area contributed by atoms with Crippen molar-refractivity contribution in [3.05, 3.63) is 52.5 Å². The molecule has 0 saturated heterocycles. The van der Waals surface area contributed by atoms with E-state index in [1.54, 1.807) is 18.2 Å². The fraction of sp³-hybridized carbons (Fsp3) is 0.200. The summed E-state index contributed by atoms with van der Waals surface area (Å²) in [6.45, 7) is 4.09. The predicted molar refractivity (Wildman–Crippen MR) is 89.9 cm³/mol. The van der Waals surface area contributed by atoms with Crippen molar-refractivity contribution >= 4 is 37.3 Å². The molecule has 2 aromatic carbocycles. The monoisotopic (exact) mass is 368 g/mol. The highest BCUT2D eigenvalue weighted by atomic mass is 79.9. The number of benzene rings is 2. The van der Waals surface area contributed by atoms with Gasteiger partial charge in [-0.1, -0.05) is 12.1 Å². The van der Waals surface area contributed by atoms with E-state index in [4.69, 9.17) is 5.73 Å². The van der Waals surface area contributed by atoms with Gasteiger partial charge in [-0.15, -0.1) is 0 Å². The van der Waals surface area contributed by atoms with Crippen LogP contribution in [0.2, 0.25) is 0 Å². The number of nitrogens with zero attached hydrogens (tertiary/aromatic N) is 1. The maximum absolute atomic E-state index is 12.8. The van der Waals surface area contributed by atoms with Crippen LogP contribution in [0.15, 0.2) is 51.8 Å². The maximum atomic E-state index is 12.8. The second-order valence-electron chi connectivity index (χ2n) is 4.69. The zero-order valence-electron chi connectivity index (χ0n) is 11.9. The number of anilines is 2. The van der Waals surface area contributed by atoms with Gasteiger partial charge in [-0.3, -0.25) is 4.31 Å². The SMILES string of the molecule is CCN(c1cccc(C)c1)S(=O)(=O)c1ccc(Br)c(N)c1. The Labute approximate surface area is 133 Å². The normalized spacial score (nSPS) is 11.4. The minimum atomic E-state index is -3.63. The van der Waals surface area contributed by atoms with Crippen LogP contribution in [0.4, 0.5) is 11.4 Å². The summed E-state index contributed by atoms with van der Waals surface area (Å²) in [6.07, 6.45) is 0. The molecule has 2 aromatic rings. The molecule has 6 heteroatoms. The molecule has 4 nitrogen and oxygen atoms in total. The molecule has 112 valence electrons. The lowest BCUT2D eigenvalue weighted by Gasteiger charge is -2.23. The van der Waals surface area contributed by atoms with Gasteiger partial charge >= 0.3 is 0 Å². The van der Waals surface area contributed by atoms with Crippen LogP contribution in [0.1, 0.15) is 12.5 Å². The quantitative estimate of drug-likeness (QED) is 0.839. The Morgan fingerprint density at radius 3 is 2.48 bits per heavy atom. The molecule has 2 rings (SSSR count). The lowest BCUT2D eigenvalue weighted by Crippen LogP contribution is -2.30. The van der Waals surface area contributed by atoms with Gasteiger partial charge < -0.3 is 5.73 Å². The van der Waals surface area contributed by atoms with Crippen LogP contribution in [-0.4, -0.2) is 15.0 Å². The van der Waals surface area contributed by atoms with Gasteiger partial charge in [-0.25, -0.2) is 8.42 Å². The third kappa shape index (κ3) is 3.22. The van der Waals surface area contributed by atoms with Gasteiger partial charge in [0.2, 0.25) is 0 Å². The Balaban J connectivity index is 2.51. The van der Waals surface area contributed by atoms with E-state index in [1.165, 1.54) is 10.4 Å². The highest BCUT2D eigenvalue weighted by Gasteiger charge is 2.24. The van der Waals surface area contributed by atoms with Crippen LogP contribution >= 0.6 is 15.9 Å². The van der Waals surface area contributed by atoms with E-state index >= 15 is 0 Å². The van der Waals surface area contributed by atoms with E-state index in [2.05, 4.69) is 15.9 Å². The second kappa shape index (κ2) is 6.07. The summed E-state index contributed by atoms with van der Waals surface area (Å²) >= 11 is 3.27. The summed E-state index contributed by atoms with van der Waals surface area (Å²) in [5.74, 6) is 0. The molecule has 0 atom stereocenters. The molecular formula is C15H17BrN2O2S. The topological polar surface area (TPSA) is 63.4 Å². The highest BCUT2D eigenvalue weighted by molar-refractivity contribution is 9.10. The first-order valence-electron chi connectivity index (χ1n) is 6.50. The van der Waals surface area contributed by atoms with Gasteiger partial charge in [0.25, 0.3) is 10.0 Å². The molecular weight excluding hydrogens is 352 g/mol. The summed E-state index contributed by atoms with van der Waals surface area (Å²) in [5, 5.41) is 0. The summed E-state index contributed by atoms with van der Waals surface area (Å²) in [5.41, 5.74) is 7.85. The van der Waals surface area contributed by atoms with Gasteiger partial charge in [0, 0.05) is 16.7 Å². The highest BCUT2D eigenvalue weighted by Crippen LogP contribution is 2.28. The molecule has 0 bridgehead atoms. The fourth-order valence-corrected chi connectivity index (χ4v) is 3.83. The zero-order valence-corrected chi connectivity index (χ0v) is 14.3. The number of nitrogen functional groups attached to an aromatic ring is 1. The molecule has 0 radical (unpaired) electrons. The van der Waals surface area contributed by atoms with Crippen LogP contribution in [0, 0.1) is 6.92 Å².